The first-order valence-corrected chi connectivity index (χ1v) is 4.11. The Morgan fingerprint density at radius 1 is 1.78 bits per heavy atom. The second-order valence-electron chi connectivity index (χ2n) is 2.62. The van der Waals surface area contributed by atoms with Gasteiger partial charge in [-0.05, 0) is 25.2 Å². The lowest BCUT2D eigenvalue weighted by molar-refractivity contribution is -0.150. The van der Waals surface area contributed by atoms with E-state index in [1.165, 1.54) is 6.42 Å². The maximum absolute atomic E-state index is 10.0. The molecular weight excluding hydrogens is 133 g/mol. The molecule has 0 spiro atoms. The van der Waals surface area contributed by atoms with Crippen molar-refractivity contribution in [3.63, 3.8) is 0 Å². The summed E-state index contributed by atoms with van der Waals surface area (Å²) in [5, 5.41) is 0. The van der Waals surface area contributed by atoms with Gasteiger partial charge in [0.05, 0.1) is 0 Å². The average molecular weight is 144 g/mol. The molecule has 0 heterocycles. The summed E-state index contributed by atoms with van der Waals surface area (Å²) in [6.45, 7) is 2.20. The van der Waals surface area contributed by atoms with Gasteiger partial charge in [-0.3, -0.25) is 4.76 Å². The first-order valence-electron chi connectivity index (χ1n) is 3.25. The molecule has 1 fully saturated rings. The molecule has 0 saturated heterocycles. The predicted octanol–water partition coefficient (Wildman–Crippen LogP) is 1.12. The average Bonchev–Trinajstić information content (AvgIpc) is 2.17. The number of nitrogens with zero attached hydrogens (tertiary/aromatic N) is 1. The predicted molar refractivity (Wildman–Crippen MR) is 38.8 cm³/mol. The molecule has 0 bridgehead atoms. The Kier molecular flexibility index (Phi) is 2.62. The Hall–Kier alpha value is 0.0600. The van der Waals surface area contributed by atoms with Crippen LogP contribution in [0.15, 0.2) is 4.76 Å². The van der Waals surface area contributed by atoms with E-state index in [2.05, 4.69) is 11.7 Å². The molecule has 0 radical (unpaired) electrons. The summed E-state index contributed by atoms with van der Waals surface area (Å²) in [4.78, 5) is 10.0. The van der Waals surface area contributed by atoms with Crippen LogP contribution >= 0.6 is 8.96 Å². The standard InChI is InChI=1S/C6H11NOP/c1-5-2-3-6(4-5)7-9-8/h5,9H,2-4H2,1H3/q-1. The molecule has 0 aromatic heterocycles. The Labute approximate surface area is 57.3 Å². The summed E-state index contributed by atoms with van der Waals surface area (Å²) in [5.41, 5.74) is 1.15. The van der Waals surface area contributed by atoms with Crippen molar-refractivity contribution < 1.29 is 4.89 Å². The van der Waals surface area contributed by atoms with Crippen molar-refractivity contribution in [1.82, 2.24) is 0 Å². The minimum Gasteiger partial charge on any atom is -0.814 e. The fourth-order valence-electron chi connectivity index (χ4n) is 1.19. The van der Waals surface area contributed by atoms with Gasteiger partial charge in [-0.2, -0.15) is 0 Å². The molecule has 0 amide bonds. The smallest absolute Gasteiger partial charge is 0.0152 e. The summed E-state index contributed by atoms with van der Waals surface area (Å²) in [6, 6.07) is 0. The largest absolute Gasteiger partial charge is 0.814 e. The second kappa shape index (κ2) is 3.28. The van der Waals surface area contributed by atoms with Crippen LogP contribution in [0.4, 0.5) is 0 Å². The second-order valence-corrected chi connectivity index (χ2v) is 3.02. The van der Waals surface area contributed by atoms with Gasteiger partial charge in [0.15, 0.2) is 0 Å². The van der Waals surface area contributed by atoms with E-state index in [1.807, 2.05) is 0 Å². The maximum atomic E-state index is 10.0. The summed E-state index contributed by atoms with van der Waals surface area (Å²) >= 11 is 0. The lowest BCUT2D eigenvalue weighted by Gasteiger charge is -1.98. The zero-order chi connectivity index (χ0) is 6.69. The molecule has 9 heavy (non-hydrogen) atoms. The van der Waals surface area contributed by atoms with E-state index in [4.69, 9.17) is 0 Å². The molecule has 1 aliphatic rings. The highest BCUT2D eigenvalue weighted by Crippen LogP contribution is 2.23. The minimum atomic E-state index is -0.481. The molecule has 2 nitrogen and oxygen atoms in total. The normalized spacial score (nSPS) is 33.1. The third kappa shape index (κ3) is 2.04. The third-order valence-electron chi connectivity index (χ3n) is 1.71. The van der Waals surface area contributed by atoms with E-state index in [0.717, 1.165) is 24.5 Å². The summed E-state index contributed by atoms with van der Waals surface area (Å²) in [7, 11) is -0.481. The fourth-order valence-corrected chi connectivity index (χ4v) is 1.52. The van der Waals surface area contributed by atoms with Gasteiger partial charge in [-0.25, -0.2) is 0 Å². The highest BCUT2D eigenvalue weighted by atomic mass is 31.1. The Morgan fingerprint density at radius 3 is 3.00 bits per heavy atom. The van der Waals surface area contributed by atoms with Crippen LogP contribution in [0.25, 0.3) is 0 Å². The maximum Gasteiger partial charge on any atom is 0.0152 e. The lowest BCUT2D eigenvalue weighted by atomic mass is 10.1. The van der Waals surface area contributed by atoms with E-state index in [-0.39, 0.29) is 0 Å². The van der Waals surface area contributed by atoms with Crippen LogP contribution in [0.1, 0.15) is 26.2 Å². The molecule has 0 aromatic carbocycles. The van der Waals surface area contributed by atoms with Crippen molar-refractivity contribution in [2.45, 2.75) is 26.2 Å². The van der Waals surface area contributed by atoms with Crippen molar-refractivity contribution in [3.8, 4) is 0 Å². The van der Waals surface area contributed by atoms with Crippen LogP contribution < -0.4 is 4.89 Å². The first-order chi connectivity index (χ1) is 4.33. The fraction of sp³-hybridized carbons (Fsp3) is 0.833. The number of rotatable bonds is 1. The van der Waals surface area contributed by atoms with Gasteiger partial charge in [0.2, 0.25) is 0 Å². The number of hydrogen-bond donors (Lipinski definition) is 0. The Bertz CT molecular complexity index is 124. The monoisotopic (exact) mass is 144 g/mol. The van der Waals surface area contributed by atoms with Crippen LogP contribution in [-0.2, 0) is 0 Å². The molecule has 3 heteroatoms. The zero-order valence-corrected chi connectivity index (χ0v) is 6.55. The topological polar surface area (TPSA) is 35.4 Å². The van der Waals surface area contributed by atoms with E-state index in [1.54, 1.807) is 0 Å². The molecule has 52 valence electrons. The minimum absolute atomic E-state index is 0.481. The molecule has 1 aliphatic carbocycles. The first kappa shape index (κ1) is 7.17. The Balaban J connectivity index is 2.38. The highest BCUT2D eigenvalue weighted by Gasteiger charge is 2.14. The quantitative estimate of drug-likeness (QED) is 0.508. The highest BCUT2D eigenvalue weighted by molar-refractivity contribution is 7.28. The van der Waals surface area contributed by atoms with E-state index in [0.29, 0.717) is 0 Å². The SMILES string of the molecule is CC1CCC(=NP[O-])C1. The van der Waals surface area contributed by atoms with Crippen LogP contribution in [0.5, 0.6) is 0 Å². The molecule has 0 N–H and O–H groups in total. The van der Waals surface area contributed by atoms with E-state index in [9.17, 15) is 4.89 Å². The number of hydrogen-bond acceptors (Lipinski definition) is 2. The van der Waals surface area contributed by atoms with Crippen LogP contribution in [0, 0.1) is 5.92 Å². The van der Waals surface area contributed by atoms with Crippen molar-refractivity contribution in [2.24, 2.45) is 10.7 Å². The molecule has 2 atom stereocenters. The molecule has 2 unspecified atom stereocenters. The molecule has 1 rings (SSSR count). The Morgan fingerprint density at radius 2 is 2.56 bits per heavy atom. The third-order valence-corrected chi connectivity index (χ3v) is 2.12. The molecule has 0 aliphatic heterocycles. The summed E-state index contributed by atoms with van der Waals surface area (Å²) < 4.78 is 3.86. The van der Waals surface area contributed by atoms with Crippen molar-refractivity contribution >= 4 is 14.7 Å². The van der Waals surface area contributed by atoms with Crippen LogP contribution in [0.2, 0.25) is 0 Å². The molecule has 0 aromatic rings. The summed E-state index contributed by atoms with van der Waals surface area (Å²) in [6.07, 6.45) is 3.36. The van der Waals surface area contributed by atoms with Crippen LogP contribution in [0.3, 0.4) is 0 Å². The van der Waals surface area contributed by atoms with Gasteiger partial charge in [-0.1, -0.05) is 15.9 Å². The van der Waals surface area contributed by atoms with Crippen LogP contribution in [-0.4, -0.2) is 5.71 Å². The van der Waals surface area contributed by atoms with Crippen molar-refractivity contribution in [3.05, 3.63) is 0 Å². The van der Waals surface area contributed by atoms with E-state index < -0.39 is 8.96 Å². The van der Waals surface area contributed by atoms with Gasteiger partial charge >= 0.3 is 0 Å². The lowest BCUT2D eigenvalue weighted by Crippen LogP contribution is -1.90. The van der Waals surface area contributed by atoms with Crippen molar-refractivity contribution in [2.75, 3.05) is 0 Å². The van der Waals surface area contributed by atoms with Gasteiger partial charge < -0.3 is 4.89 Å². The molecular formula is C6H11NOP-. The van der Waals surface area contributed by atoms with Gasteiger partial charge in [0, 0.05) is 5.71 Å². The van der Waals surface area contributed by atoms with E-state index >= 15 is 0 Å². The molecule has 1 saturated carbocycles. The van der Waals surface area contributed by atoms with Gasteiger partial charge in [0.25, 0.3) is 0 Å². The summed E-state index contributed by atoms with van der Waals surface area (Å²) in [5.74, 6) is 0.764. The van der Waals surface area contributed by atoms with Gasteiger partial charge in [0.1, 0.15) is 0 Å². The van der Waals surface area contributed by atoms with Crippen molar-refractivity contribution in [1.29, 1.82) is 0 Å². The zero-order valence-electron chi connectivity index (χ0n) is 5.55. The van der Waals surface area contributed by atoms with Gasteiger partial charge in [-0.15, -0.1) is 0 Å².